The van der Waals surface area contributed by atoms with Crippen LogP contribution in [0.4, 0.5) is 17.5 Å². The number of pyridine rings is 1. The van der Waals surface area contributed by atoms with Crippen molar-refractivity contribution in [1.82, 2.24) is 15.0 Å². The number of fused-ring (bicyclic) bond motifs is 1. The number of benzene rings is 1. The van der Waals surface area contributed by atoms with Crippen LogP contribution in [0.3, 0.4) is 0 Å². The van der Waals surface area contributed by atoms with Crippen molar-refractivity contribution in [2.75, 3.05) is 17.2 Å². The van der Waals surface area contributed by atoms with Crippen molar-refractivity contribution in [3.63, 3.8) is 0 Å². The topological polar surface area (TPSA) is 62.7 Å². The molecule has 2 aromatic heterocycles. The Kier molecular flexibility index (Phi) is 3.64. The van der Waals surface area contributed by atoms with Crippen LogP contribution in [0.15, 0.2) is 42.7 Å². The van der Waals surface area contributed by atoms with E-state index in [4.69, 9.17) is 0 Å². The molecule has 5 nitrogen and oxygen atoms in total. The van der Waals surface area contributed by atoms with Crippen LogP contribution in [0.25, 0.3) is 10.9 Å². The maximum atomic E-state index is 4.51. The largest absolute Gasteiger partial charge is 0.354 e. The molecule has 0 amide bonds. The molecule has 0 radical (unpaired) electrons. The average molecular weight is 279 g/mol. The zero-order chi connectivity index (χ0) is 14.7. The second-order valence-electron chi connectivity index (χ2n) is 4.76. The minimum Gasteiger partial charge on any atom is -0.354 e. The molecular formula is C16H17N5. The van der Waals surface area contributed by atoms with Gasteiger partial charge in [-0.2, -0.15) is 4.98 Å². The molecule has 1 aromatic carbocycles. The Morgan fingerprint density at radius 2 is 2.00 bits per heavy atom. The summed E-state index contributed by atoms with van der Waals surface area (Å²) < 4.78 is 0. The minimum absolute atomic E-state index is 0.629. The third-order valence-electron chi connectivity index (χ3n) is 3.21. The summed E-state index contributed by atoms with van der Waals surface area (Å²) in [6.07, 6.45) is 3.61. The molecule has 2 N–H and O–H groups in total. The number of nitrogens with zero attached hydrogens (tertiary/aromatic N) is 3. The summed E-state index contributed by atoms with van der Waals surface area (Å²) in [7, 11) is 0. The Morgan fingerprint density at radius 1 is 1.10 bits per heavy atom. The van der Waals surface area contributed by atoms with E-state index in [0.717, 1.165) is 34.5 Å². The normalized spacial score (nSPS) is 10.6. The lowest BCUT2D eigenvalue weighted by atomic mass is 10.2. The third-order valence-corrected chi connectivity index (χ3v) is 3.21. The molecule has 0 fully saturated rings. The molecule has 0 aliphatic rings. The minimum atomic E-state index is 0.629. The first kappa shape index (κ1) is 13.3. The molecule has 0 aliphatic carbocycles. The number of rotatable bonds is 4. The number of aromatic nitrogens is 3. The lowest BCUT2D eigenvalue weighted by Crippen LogP contribution is -2.05. The Hall–Kier alpha value is -2.69. The number of nitrogens with one attached hydrogen (secondary N) is 2. The average Bonchev–Trinajstić information content (AvgIpc) is 2.51. The molecule has 0 saturated carbocycles. The van der Waals surface area contributed by atoms with Crippen LogP contribution in [-0.4, -0.2) is 21.5 Å². The maximum absolute atomic E-state index is 4.51. The van der Waals surface area contributed by atoms with Gasteiger partial charge in [0.1, 0.15) is 5.82 Å². The number of hydrogen-bond acceptors (Lipinski definition) is 5. The summed E-state index contributed by atoms with van der Waals surface area (Å²) in [5, 5.41) is 7.58. The van der Waals surface area contributed by atoms with Gasteiger partial charge in [-0.05, 0) is 38.1 Å². The van der Waals surface area contributed by atoms with Crippen molar-refractivity contribution in [3.8, 4) is 0 Å². The van der Waals surface area contributed by atoms with Gasteiger partial charge in [0.15, 0.2) is 0 Å². The van der Waals surface area contributed by atoms with Gasteiger partial charge in [0.05, 0.1) is 5.52 Å². The molecule has 106 valence electrons. The highest BCUT2D eigenvalue weighted by Gasteiger charge is 2.06. The van der Waals surface area contributed by atoms with Crippen LogP contribution < -0.4 is 10.6 Å². The highest BCUT2D eigenvalue weighted by molar-refractivity contribution is 5.92. The van der Waals surface area contributed by atoms with Crippen molar-refractivity contribution < 1.29 is 0 Å². The molecule has 0 atom stereocenters. The van der Waals surface area contributed by atoms with Gasteiger partial charge >= 0.3 is 0 Å². The van der Waals surface area contributed by atoms with Gasteiger partial charge in [0, 0.05) is 35.6 Å². The number of hydrogen-bond donors (Lipinski definition) is 2. The van der Waals surface area contributed by atoms with Crippen LogP contribution in [0, 0.1) is 6.92 Å². The standard InChI is InChI=1S/C16H17N5/c1-3-17-16-19-10-11(2)15(21-16)20-14-8-4-7-13-12(14)6-5-9-18-13/h4-10H,3H2,1-2H3,(H2,17,19,20,21). The van der Waals surface area contributed by atoms with Gasteiger partial charge in [-0.3, -0.25) is 4.98 Å². The van der Waals surface area contributed by atoms with Gasteiger partial charge < -0.3 is 10.6 Å². The van der Waals surface area contributed by atoms with E-state index in [1.54, 1.807) is 6.20 Å². The zero-order valence-corrected chi connectivity index (χ0v) is 12.1. The summed E-state index contributed by atoms with van der Waals surface area (Å²) in [6, 6.07) is 9.99. The summed E-state index contributed by atoms with van der Waals surface area (Å²) >= 11 is 0. The second kappa shape index (κ2) is 5.75. The van der Waals surface area contributed by atoms with Crippen molar-refractivity contribution in [2.24, 2.45) is 0 Å². The van der Waals surface area contributed by atoms with E-state index in [1.807, 2.05) is 50.4 Å². The molecule has 0 bridgehead atoms. The van der Waals surface area contributed by atoms with Gasteiger partial charge in [0.25, 0.3) is 0 Å². The van der Waals surface area contributed by atoms with Gasteiger partial charge in [-0.15, -0.1) is 0 Å². The van der Waals surface area contributed by atoms with Crippen molar-refractivity contribution in [2.45, 2.75) is 13.8 Å². The van der Waals surface area contributed by atoms with Gasteiger partial charge in [-0.1, -0.05) is 6.07 Å². The summed E-state index contributed by atoms with van der Waals surface area (Å²) in [6.45, 7) is 4.80. The molecule has 3 aromatic rings. The molecule has 5 heteroatoms. The molecule has 2 heterocycles. The van der Waals surface area contributed by atoms with E-state index < -0.39 is 0 Å². The monoisotopic (exact) mass is 279 g/mol. The Labute approximate surface area is 123 Å². The fourth-order valence-corrected chi connectivity index (χ4v) is 2.15. The predicted molar refractivity (Wildman–Crippen MR) is 86.0 cm³/mol. The van der Waals surface area contributed by atoms with Gasteiger partial charge in [0.2, 0.25) is 5.95 Å². The van der Waals surface area contributed by atoms with E-state index in [9.17, 15) is 0 Å². The van der Waals surface area contributed by atoms with Crippen LogP contribution in [0.1, 0.15) is 12.5 Å². The SMILES string of the molecule is CCNc1ncc(C)c(Nc2cccc3ncccc23)n1. The second-order valence-corrected chi connectivity index (χ2v) is 4.76. The van der Waals surface area contributed by atoms with E-state index in [1.165, 1.54) is 0 Å². The Morgan fingerprint density at radius 3 is 2.86 bits per heavy atom. The molecule has 0 saturated heterocycles. The summed E-state index contributed by atoms with van der Waals surface area (Å²) in [4.78, 5) is 13.1. The van der Waals surface area contributed by atoms with E-state index in [0.29, 0.717) is 5.95 Å². The number of anilines is 3. The molecule has 0 spiro atoms. The van der Waals surface area contributed by atoms with Crippen LogP contribution in [0.2, 0.25) is 0 Å². The summed E-state index contributed by atoms with van der Waals surface area (Å²) in [5.74, 6) is 1.43. The van der Waals surface area contributed by atoms with E-state index in [2.05, 4.69) is 25.6 Å². The number of aryl methyl sites for hydroxylation is 1. The van der Waals surface area contributed by atoms with E-state index >= 15 is 0 Å². The predicted octanol–water partition coefficient (Wildman–Crippen LogP) is 3.51. The fourth-order valence-electron chi connectivity index (χ4n) is 2.15. The third kappa shape index (κ3) is 2.76. The highest BCUT2D eigenvalue weighted by atomic mass is 15.1. The van der Waals surface area contributed by atoms with Crippen molar-refractivity contribution in [1.29, 1.82) is 0 Å². The Balaban J connectivity index is 2.00. The van der Waals surface area contributed by atoms with Crippen molar-refractivity contribution >= 4 is 28.4 Å². The fraction of sp³-hybridized carbons (Fsp3) is 0.188. The molecule has 21 heavy (non-hydrogen) atoms. The molecule has 3 rings (SSSR count). The lowest BCUT2D eigenvalue weighted by molar-refractivity contribution is 1.07. The first-order chi connectivity index (χ1) is 10.3. The highest BCUT2D eigenvalue weighted by Crippen LogP contribution is 2.25. The van der Waals surface area contributed by atoms with E-state index in [-0.39, 0.29) is 0 Å². The van der Waals surface area contributed by atoms with Crippen LogP contribution >= 0.6 is 0 Å². The zero-order valence-electron chi connectivity index (χ0n) is 12.1. The molecule has 0 aliphatic heterocycles. The molecular weight excluding hydrogens is 262 g/mol. The van der Waals surface area contributed by atoms with Crippen LogP contribution in [0.5, 0.6) is 0 Å². The van der Waals surface area contributed by atoms with Crippen molar-refractivity contribution in [3.05, 3.63) is 48.3 Å². The maximum Gasteiger partial charge on any atom is 0.224 e. The first-order valence-electron chi connectivity index (χ1n) is 6.96. The Bertz CT molecular complexity index is 764. The lowest BCUT2D eigenvalue weighted by Gasteiger charge is -2.12. The molecule has 0 unspecified atom stereocenters. The van der Waals surface area contributed by atoms with Gasteiger partial charge in [-0.25, -0.2) is 4.98 Å². The quantitative estimate of drug-likeness (QED) is 0.765. The smallest absolute Gasteiger partial charge is 0.224 e. The first-order valence-corrected chi connectivity index (χ1v) is 6.96. The summed E-state index contributed by atoms with van der Waals surface area (Å²) in [5.41, 5.74) is 2.95. The van der Waals surface area contributed by atoms with Crippen LogP contribution in [-0.2, 0) is 0 Å².